The molecule has 0 saturated heterocycles. The monoisotopic (exact) mass is 248 g/mol. The summed E-state index contributed by atoms with van der Waals surface area (Å²) in [6.07, 6.45) is 0.499. The number of carboxylic acids is 3. The zero-order valence-corrected chi connectivity index (χ0v) is 9.20. The largest absolute Gasteiger partial charge is 0.480 e. The van der Waals surface area contributed by atoms with Gasteiger partial charge in [-0.2, -0.15) is 0 Å². The van der Waals surface area contributed by atoms with Gasteiger partial charge in [0.2, 0.25) is 0 Å². The Morgan fingerprint density at radius 3 is 1.88 bits per heavy atom. The summed E-state index contributed by atoms with van der Waals surface area (Å²) < 4.78 is 0. The predicted octanol–water partition coefficient (Wildman–Crippen LogP) is -1.35. The molecule has 98 valence electrons. The van der Waals surface area contributed by atoms with E-state index in [0.717, 1.165) is 0 Å². The first-order valence-electron chi connectivity index (χ1n) is 4.97. The average Bonchev–Trinajstić information content (AvgIpc) is 2.14. The van der Waals surface area contributed by atoms with Crippen LogP contribution < -0.4 is 5.73 Å². The molecule has 0 amide bonds. The van der Waals surface area contributed by atoms with Gasteiger partial charge < -0.3 is 21.1 Å². The third-order valence-corrected chi connectivity index (χ3v) is 2.02. The minimum atomic E-state index is -1.13. The molecule has 0 rings (SSSR count). The normalized spacial score (nSPS) is 12.4. The van der Waals surface area contributed by atoms with Crippen molar-refractivity contribution in [3.8, 4) is 0 Å². The number of aliphatic carboxylic acids is 3. The summed E-state index contributed by atoms with van der Waals surface area (Å²) in [7, 11) is 0. The van der Waals surface area contributed by atoms with Crippen molar-refractivity contribution in [3.05, 3.63) is 0 Å². The van der Waals surface area contributed by atoms with E-state index in [1.165, 1.54) is 4.90 Å². The molecule has 1 unspecified atom stereocenters. The third-order valence-electron chi connectivity index (χ3n) is 2.02. The van der Waals surface area contributed by atoms with Crippen LogP contribution in [0.25, 0.3) is 0 Å². The summed E-state index contributed by atoms with van der Waals surface area (Å²) in [5, 5.41) is 25.6. The minimum Gasteiger partial charge on any atom is -0.480 e. The molecule has 0 aromatic heterocycles. The lowest BCUT2D eigenvalue weighted by molar-refractivity contribution is -0.142. The molecule has 0 radical (unpaired) electrons. The van der Waals surface area contributed by atoms with E-state index in [2.05, 4.69) is 0 Å². The number of carboxylic acid groups (broad SMARTS) is 3. The Morgan fingerprint density at radius 1 is 1.06 bits per heavy atom. The van der Waals surface area contributed by atoms with Crippen LogP contribution >= 0.6 is 0 Å². The molecule has 5 N–H and O–H groups in total. The molecule has 0 heterocycles. The quantitative estimate of drug-likeness (QED) is 0.392. The van der Waals surface area contributed by atoms with Crippen LogP contribution in [-0.4, -0.2) is 63.8 Å². The first kappa shape index (κ1) is 15.3. The van der Waals surface area contributed by atoms with Crippen LogP contribution in [0.1, 0.15) is 12.8 Å². The molecule has 0 bridgehead atoms. The number of hydrogen-bond acceptors (Lipinski definition) is 5. The highest BCUT2D eigenvalue weighted by Gasteiger charge is 2.15. The summed E-state index contributed by atoms with van der Waals surface area (Å²) >= 11 is 0. The average molecular weight is 248 g/mol. The van der Waals surface area contributed by atoms with Crippen molar-refractivity contribution in [1.29, 1.82) is 0 Å². The highest BCUT2D eigenvalue weighted by molar-refractivity contribution is 5.73. The molecule has 0 aliphatic rings. The number of rotatable bonds is 9. The maximum Gasteiger partial charge on any atom is 0.320 e. The fraction of sp³-hybridized carbons (Fsp3) is 0.667. The maximum absolute atomic E-state index is 10.4. The fourth-order valence-electron chi connectivity index (χ4n) is 1.25. The molecule has 8 heteroatoms. The number of nitrogens with zero attached hydrogens (tertiary/aromatic N) is 1. The third kappa shape index (κ3) is 8.17. The van der Waals surface area contributed by atoms with Crippen LogP contribution in [0.5, 0.6) is 0 Å². The van der Waals surface area contributed by atoms with Gasteiger partial charge in [-0.25, -0.2) is 0 Å². The molecule has 0 aliphatic carbocycles. The predicted molar refractivity (Wildman–Crippen MR) is 56.6 cm³/mol. The zero-order chi connectivity index (χ0) is 13.4. The first-order chi connectivity index (χ1) is 7.82. The Kier molecular flexibility index (Phi) is 6.83. The van der Waals surface area contributed by atoms with Crippen LogP contribution in [0.2, 0.25) is 0 Å². The molecular weight excluding hydrogens is 232 g/mol. The van der Waals surface area contributed by atoms with Crippen molar-refractivity contribution in [2.45, 2.75) is 18.9 Å². The summed E-state index contributed by atoms with van der Waals surface area (Å²) in [5.74, 6) is -3.39. The lowest BCUT2D eigenvalue weighted by Crippen LogP contribution is -2.36. The molecule has 1 atom stereocenters. The van der Waals surface area contributed by atoms with Crippen LogP contribution in [0, 0.1) is 0 Å². The highest BCUT2D eigenvalue weighted by Crippen LogP contribution is 1.99. The Hall–Kier alpha value is -1.67. The van der Waals surface area contributed by atoms with Crippen molar-refractivity contribution in [1.82, 2.24) is 4.90 Å². The number of carbonyl (C=O) groups is 3. The van der Waals surface area contributed by atoms with Crippen LogP contribution in [0.4, 0.5) is 0 Å². The second kappa shape index (κ2) is 7.58. The van der Waals surface area contributed by atoms with E-state index >= 15 is 0 Å². The van der Waals surface area contributed by atoms with Gasteiger partial charge in [0.15, 0.2) is 0 Å². The summed E-state index contributed by atoms with van der Waals surface area (Å²) in [6, 6.07) is -1.01. The van der Waals surface area contributed by atoms with E-state index in [1.807, 2.05) is 0 Å². The van der Waals surface area contributed by atoms with Crippen LogP contribution in [0.15, 0.2) is 0 Å². The molecule has 0 aromatic rings. The number of nitrogens with two attached hydrogens (primary N) is 1. The maximum atomic E-state index is 10.4. The van der Waals surface area contributed by atoms with E-state index < -0.39 is 37.0 Å². The zero-order valence-electron chi connectivity index (χ0n) is 9.20. The molecule has 8 nitrogen and oxygen atoms in total. The lowest BCUT2D eigenvalue weighted by atomic mass is 10.1. The van der Waals surface area contributed by atoms with Gasteiger partial charge in [-0.3, -0.25) is 19.3 Å². The van der Waals surface area contributed by atoms with Gasteiger partial charge in [0.1, 0.15) is 6.04 Å². The van der Waals surface area contributed by atoms with Crippen molar-refractivity contribution >= 4 is 17.9 Å². The van der Waals surface area contributed by atoms with E-state index in [4.69, 9.17) is 21.1 Å². The topological polar surface area (TPSA) is 141 Å². The summed E-state index contributed by atoms with van der Waals surface area (Å²) in [6.45, 7) is -0.608. The van der Waals surface area contributed by atoms with Crippen molar-refractivity contribution in [2.24, 2.45) is 5.73 Å². The van der Waals surface area contributed by atoms with Gasteiger partial charge in [0.25, 0.3) is 0 Å². The van der Waals surface area contributed by atoms with E-state index in [1.54, 1.807) is 0 Å². The second-order valence-corrected chi connectivity index (χ2v) is 3.59. The lowest BCUT2D eigenvalue weighted by Gasteiger charge is -2.18. The minimum absolute atomic E-state index is 0.172. The standard InChI is InChI=1S/C9H16N2O6/c10-6(9(16)17)2-1-3-11(4-7(12)13)5-8(14)15/h6H,1-5,10H2,(H,12,13)(H,14,15)(H,16,17). The molecule has 17 heavy (non-hydrogen) atoms. The van der Waals surface area contributed by atoms with Gasteiger partial charge in [-0.1, -0.05) is 0 Å². The Bertz CT molecular complexity index is 277. The molecular formula is C9H16N2O6. The summed E-state index contributed by atoms with van der Waals surface area (Å²) in [5.41, 5.74) is 5.25. The molecule has 0 aliphatic heterocycles. The molecule has 0 aromatic carbocycles. The molecule has 0 spiro atoms. The number of hydrogen-bond donors (Lipinski definition) is 4. The van der Waals surface area contributed by atoms with E-state index in [0.29, 0.717) is 6.42 Å². The fourth-order valence-corrected chi connectivity index (χ4v) is 1.25. The summed E-state index contributed by atoms with van der Waals surface area (Å²) in [4.78, 5) is 32.5. The SMILES string of the molecule is NC(CCCN(CC(=O)O)CC(=O)O)C(=O)O. The Balaban J connectivity index is 4.03. The van der Waals surface area contributed by atoms with Gasteiger partial charge in [-0.05, 0) is 19.4 Å². The smallest absolute Gasteiger partial charge is 0.320 e. The first-order valence-corrected chi connectivity index (χ1v) is 4.97. The van der Waals surface area contributed by atoms with Gasteiger partial charge in [0, 0.05) is 0 Å². The van der Waals surface area contributed by atoms with E-state index in [-0.39, 0.29) is 13.0 Å². The van der Waals surface area contributed by atoms with Gasteiger partial charge in [0.05, 0.1) is 13.1 Å². The van der Waals surface area contributed by atoms with Crippen molar-refractivity contribution in [3.63, 3.8) is 0 Å². The van der Waals surface area contributed by atoms with Crippen LogP contribution in [-0.2, 0) is 14.4 Å². The molecule has 0 saturated carbocycles. The van der Waals surface area contributed by atoms with Gasteiger partial charge in [-0.15, -0.1) is 0 Å². The van der Waals surface area contributed by atoms with Gasteiger partial charge >= 0.3 is 17.9 Å². The van der Waals surface area contributed by atoms with Crippen molar-refractivity contribution in [2.75, 3.05) is 19.6 Å². The Morgan fingerprint density at radius 2 is 1.53 bits per heavy atom. The highest BCUT2D eigenvalue weighted by atomic mass is 16.4. The van der Waals surface area contributed by atoms with Crippen molar-refractivity contribution < 1.29 is 29.7 Å². The second-order valence-electron chi connectivity index (χ2n) is 3.59. The Labute approximate surface area is 97.6 Å². The molecule has 0 fully saturated rings. The van der Waals surface area contributed by atoms with Crippen LogP contribution in [0.3, 0.4) is 0 Å². The van der Waals surface area contributed by atoms with E-state index in [9.17, 15) is 14.4 Å².